The average molecular weight is 539 g/mol. The van der Waals surface area contributed by atoms with Gasteiger partial charge >= 0.3 is 29.6 Å². The summed E-state index contributed by atoms with van der Waals surface area (Å²) in [6.07, 6.45) is 6.36. The van der Waals surface area contributed by atoms with Gasteiger partial charge in [-0.25, -0.2) is 8.42 Å². The monoisotopic (exact) mass is 538 g/mol. The van der Waals surface area contributed by atoms with E-state index in [4.69, 9.17) is 0 Å². The Morgan fingerprint density at radius 1 is 1.08 bits per heavy atom. The Morgan fingerprint density at radius 3 is 2.39 bits per heavy atom. The Kier molecular flexibility index (Phi) is 9.28. The van der Waals surface area contributed by atoms with Crippen LogP contribution in [0.2, 0.25) is 0 Å². The Bertz CT molecular complexity index is 929. The fourth-order valence-corrected chi connectivity index (χ4v) is 9.32. The molecule has 0 aromatic carbocycles. The van der Waals surface area contributed by atoms with Crippen LogP contribution in [0.4, 0.5) is 0 Å². The van der Waals surface area contributed by atoms with Gasteiger partial charge in [0.15, 0.2) is 0 Å². The maximum atomic E-state index is 11.6. The molecule has 0 radical (unpaired) electrons. The Hall–Kier alpha value is 0.450. The number of aliphatic hydroxyl groups excluding tert-OH is 3. The first kappa shape index (κ1) is 31.0. The van der Waals surface area contributed by atoms with Crippen molar-refractivity contribution in [3.63, 3.8) is 0 Å². The van der Waals surface area contributed by atoms with Gasteiger partial charge in [-0.1, -0.05) is 39.8 Å². The molecule has 0 aromatic rings. The van der Waals surface area contributed by atoms with Crippen molar-refractivity contribution in [2.45, 2.75) is 96.6 Å². The van der Waals surface area contributed by atoms with Crippen molar-refractivity contribution in [1.29, 1.82) is 0 Å². The SMILES string of the molecule is CC(/C=C/[C@@H](C)[C@H]1C[C@H](O)C2C3C[C@@H](O)[C@@]4(O)C[C@@H](O)CC[C@]4(C)C3CC[C@@]21C)COS(=O)(=O)[O-].[Na+]. The minimum absolute atomic E-state index is 0. The molecule has 4 aliphatic rings. The zero-order valence-corrected chi connectivity index (χ0v) is 25.2. The predicted octanol–water partition coefficient (Wildman–Crippen LogP) is -0.628. The summed E-state index contributed by atoms with van der Waals surface area (Å²) >= 11 is 0. The molecule has 12 atom stereocenters. The first-order valence-electron chi connectivity index (χ1n) is 13.2. The second kappa shape index (κ2) is 10.8. The second-order valence-electron chi connectivity index (χ2n) is 12.7. The summed E-state index contributed by atoms with van der Waals surface area (Å²) in [4.78, 5) is 0. The third-order valence-corrected chi connectivity index (χ3v) is 11.2. The van der Waals surface area contributed by atoms with Crippen LogP contribution in [0.5, 0.6) is 0 Å². The van der Waals surface area contributed by atoms with Crippen LogP contribution in [-0.2, 0) is 14.6 Å². The van der Waals surface area contributed by atoms with E-state index in [2.05, 4.69) is 25.0 Å². The normalized spacial score (nSPS) is 48.4. The van der Waals surface area contributed by atoms with Gasteiger partial charge in [0.1, 0.15) is 0 Å². The molecule has 4 aliphatic carbocycles. The van der Waals surface area contributed by atoms with Crippen molar-refractivity contribution in [2.75, 3.05) is 6.61 Å². The smallest absolute Gasteiger partial charge is 0.726 e. The standard InChI is InChI=1S/C26H44O8S.Na/c1-15(14-34-35(31,32)33)5-6-16(2)20-12-21(28)23-18-11-22(29)26(30)13-17(27)7-10-25(26,4)19(18)8-9-24(20,23)3;/h5-6,15-23,27-30H,7-14H2,1-4H3,(H,31,32,33);/q;+1/p-1/b6-5+;/t15?,16-,17+,18?,19?,20-,21+,22-,23?,24-,25-,26+;/m1./s1. The van der Waals surface area contributed by atoms with Crippen LogP contribution in [-0.4, -0.2) is 63.9 Å². The Labute approximate surface area is 238 Å². The summed E-state index contributed by atoms with van der Waals surface area (Å²) in [5.74, 6) is 0.432. The van der Waals surface area contributed by atoms with Gasteiger partial charge in [0, 0.05) is 11.8 Å². The van der Waals surface area contributed by atoms with Crippen LogP contribution in [0.1, 0.15) is 72.6 Å². The molecular weight excluding hydrogens is 495 g/mol. The van der Waals surface area contributed by atoms with Crippen molar-refractivity contribution < 1.29 is 67.1 Å². The van der Waals surface area contributed by atoms with Crippen LogP contribution >= 0.6 is 0 Å². The van der Waals surface area contributed by atoms with E-state index in [1.807, 2.05) is 12.2 Å². The fourth-order valence-electron chi connectivity index (χ4n) is 8.94. The van der Waals surface area contributed by atoms with E-state index in [0.29, 0.717) is 25.7 Å². The van der Waals surface area contributed by atoms with E-state index in [0.717, 1.165) is 12.8 Å². The molecule has 0 aromatic heterocycles. The van der Waals surface area contributed by atoms with Crippen molar-refractivity contribution in [2.24, 2.45) is 46.3 Å². The second-order valence-corrected chi connectivity index (χ2v) is 13.7. The number of fused-ring (bicyclic) bond motifs is 5. The molecule has 0 amide bonds. The van der Waals surface area contributed by atoms with Crippen molar-refractivity contribution in [3.05, 3.63) is 12.2 Å². The van der Waals surface area contributed by atoms with Gasteiger partial charge in [0.2, 0.25) is 10.4 Å². The first-order valence-corrected chi connectivity index (χ1v) is 14.5. The summed E-state index contributed by atoms with van der Waals surface area (Å²) < 4.78 is 36.6. The van der Waals surface area contributed by atoms with Gasteiger partial charge < -0.3 is 25.0 Å². The van der Waals surface area contributed by atoms with E-state index < -0.39 is 39.7 Å². The third-order valence-electron chi connectivity index (χ3n) is 10.7. The molecule has 0 aliphatic heterocycles. The third kappa shape index (κ3) is 5.28. The molecule has 10 heteroatoms. The molecular formula is C26H43NaO8S. The summed E-state index contributed by atoms with van der Waals surface area (Å²) in [7, 11) is -4.71. The summed E-state index contributed by atoms with van der Waals surface area (Å²) in [6.45, 7) is 8.05. The van der Waals surface area contributed by atoms with Gasteiger partial charge in [0.25, 0.3) is 0 Å². The summed E-state index contributed by atoms with van der Waals surface area (Å²) in [5.41, 5.74) is -1.91. The molecule has 4 unspecified atom stereocenters. The fraction of sp³-hybridized carbons (Fsp3) is 0.923. The molecule has 4 fully saturated rings. The molecule has 4 saturated carbocycles. The maximum Gasteiger partial charge on any atom is 1.00 e. The van der Waals surface area contributed by atoms with Gasteiger partial charge in [-0.3, -0.25) is 4.18 Å². The number of hydrogen-bond acceptors (Lipinski definition) is 8. The number of aliphatic hydroxyl groups is 4. The van der Waals surface area contributed by atoms with E-state index in [1.54, 1.807) is 6.92 Å². The van der Waals surface area contributed by atoms with E-state index >= 15 is 0 Å². The van der Waals surface area contributed by atoms with Gasteiger partial charge in [-0.05, 0) is 79.4 Å². The molecule has 0 heterocycles. The number of rotatable bonds is 6. The molecule has 4 rings (SSSR count). The topological polar surface area (TPSA) is 147 Å². The zero-order chi connectivity index (χ0) is 26.0. The molecule has 4 N–H and O–H groups in total. The summed E-state index contributed by atoms with van der Waals surface area (Å²) in [5, 5.41) is 44.4. The van der Waals surface area contributed by atoms with Crippen LogP contribution in [0.3, 0.4) is 0 Å². The molecule has 202 valence electrons. The van der Waals surface area contributed by atoms with Crippen molar-refractivity contribution >= 4 is 10.4 Å². The zero-order valence-electron chi connectivity index (χ0n) is 22.3. The van der Waals surface area contributed by atoms with Crippen LogP contribution in [0.25, 0.3) is 0 Å². The minimum Gasteiger partial charge on any atom is -0.726 e. The Balaban J connectivity index is 0.00000361. The predicted molar refractivity (Wildman–Crippen MR) is 129 cm³/mol. The minimum atomic E-state index is -4.71. The van der Waals surface area contributed by atoms with Crippen LogP contribution in [0, 0.1) is 46.3 Å². The number of allylic oxidation sites excluding steroid dienone is 1. The molecule has 36 heavy (non-hydrogen) atoms. The largest absolute Gasteiger partial charge is 1.00 e. The number of hydrogen-bond donors (Lipinski definition) is 4. The first-order chi connectivity index (χ1) is 16.1. The van der Waals surface area contributed by atoms with Gasteiger partial charge in [-0.15, -0.1) is 0 Å². The van der Waals surface area contributed by atoms with Crippen molar-refractivity contribution in [1.82, 2.24) is 0 Å². The molecule has 0 spiro atoms. The van der Waals surface area contributed by atoms with Gasteiger partial charge in [0.05, 0.1) is 30.5 Å². The molecule has 0 saturated heterocycles. The van der Waals surface area contributed by atoms with E-state index in [1.165, 1.54) is 0 Å². The van der Waals surface area contributed by atoms with Crippen LogP contribution < -0.4 is 29.6 Å². The molecule has 0 bridgehead atoms. The van der Waals surface area contributed by atoms with Gasteiger partial charge in [-0.2, -0.15) is 0 Å². The van der Waals surface area contributed by atoms with E-state index in [9.17, 15) is 33.4 Å². The van der Waals surface area contributed by atoms with E-state index in [-0.39, 0.29) is 83.5 Å². The Morgan fingerprint density at radius 2 is 1.75 bits per heavy atom. The van der Waals surface area contributed by atoms with Crippen molar-refractivity contribution in [3.8, 4) is 0 Å². The van der Waals surface area contributed by atoms with Crippen LogP contribution in [0.15, 0.2) is 12.2 Å². The molecule has 8 nitrogen and oxygen atoms in total. The summed E-state index contributed by atoms with van der Waals surface area (Å²) in [6, 6.07) is 0. The quantitative estimate of drug-likeness (QED) is 0.151. The average Bonchev–Trinajstić information content (AvgIpc) is 3.03. The maximum absolute atomic E-state index is 11.6.